The summed E-state index contributed by atoms with van der Waals surface area (Å²) in [5, 5.41) is 2.66. The van der Waals surface area contributed by atoms with Crippen molar-refractivity contribution in [3.8, 4) is 0 Å². The predicted molar refractivity (Wildman–Crippen MR) is 56.8 cm³/mol. The first-order valence-electron chi connectivity index (χ1n) is 6.27. The minimum absolute atomic E-state index is 0.00134. The molecule has 5 heteroatoms. The average molecular weight is 245 g/mol. The van der Waals surface area contributed by atoms with Crippen molar-refractivity contribution in [2.45, 2.75) is 44.1 Å². The van der Waals surface area contributed by atoms with Gasteiger partial charge in [-0.2, -0.15) is 0 Å². The lowest BCUT2D eigenvalue weighted by Gasteiger charge is -2.33. The first-order chi connectivity index (χ1) is 7.92. The van der Waals surface area contributed by atoms with Crippen molar-refractivity contribution in [1.82, 2.24) is 5.32 Å². The second-order valence-electron chi connectivity index (χ2n) is 5.82. The van der Waals surface area contributed by atoms with Crippen molar-refractivity contribution in [3.63, 3.8) is 0 Å². The molecule has 3 aliphatic rings. The smallest absolute Gasteiger partial charge is 0.407 e. The van der Waals surface area contributed by atoms with Gasteiger partial charge in [0.15, 0.2) is 0 Å². The summed E-state index contributed by atoms with van der Waals surface area (Å²) < 4.78 is 32.2. The van der Waals surface area contributed by atoms with E-state index in [4.69, 9.17) is 4.74 Å². The lowest BCUT2D eigenvalue weighted by molar-refractivity contribution is -0.0670. The van der Waals surface area contributed by atoms with Gasteiger partial charge in [0.2, 0.25) is 5.92 Å². The maximum atomic E-state index is 13.4. The lowest BCUT2D eigenvalue weighted by atomic mass is 9.76. The van der Waals surface area contributed by atoms with Gasteiger partial charge < -0.3 is 10.1 Å². The summed E-state index contributed by atoms with van der Waals surface area (Å²) in [5.41, 5.74) is -0.521. The van der Waals surface area contributed by atoms with Gasteiger partial charge in [0.1, 0.15) is 5.60 Å². The molecule has 1 aliphatic heterocycles. The number of amides is 1. The van der Waals surface area contributed by atoms with Crippen LogP contribution in [0.25, 0.3) is 0 Å². The molecule has 17 heavy (non-hydrogen) atoms. The molecule has 1 amide bonds. The second kappa shape index (κ2) is 3.33. The third-order valence-corrected chi connectivity index (χ3v) is 4.92. The van der Waals surface area contributed by atoms with E-state index in [1.54, 1.807) is 0 Å². The molecule has 3 fully saturated rings. The molecule has 1 spiro atoms. The number of carbonyl (C=O) groups excluding carboxylic acids is 1. The molecule has 0 aromatic heterocycles. The molecular weight excluding hydrogens is 228 g/mol. The van der Waals surface area contributed by atoms with Crippen LogP contribution in [0.4, 0.5) is 13.6 Å². The van der Waals surface area contributed by atoms with E-state index in [0.717, 1.165) is 0 Å². The predicted octanol–water partition coefficient (Wildman–Crippen LogP) is 2.56. The molecule has 0 aromatic rings. The monoisotopic (exact) mass is 245 g/mol. The first kappa shape index (κ1) is 11.2. The topological polar surface area (TPSA) is 38.3 Å². The van der Waals surface area contributed by atoms with Gasteiger partial charge in [0.25, 0.3) is 0 Å². The van der Waals surface area contributed by atoms with Crippen molar-refractivity contribution in [1.29, 1.82) is 0 Å². The highest BCUT2D eigenvalue weighted by molar-refractivity contribution is 5.70. The van der Waals surface area contributed by atoms with Gasteiger partial charge in [-0.1, -0.05) is 6.92 Å². The number of alkyl carbamates (subject to hydrolysis) is 1. The van der Waals surface area contributed by atoms with Crippen LogP contribution in [0.5, 0.6) is 0 Å². The standard InChI is InChI=1S/C12H17F2NO2/c1-7-9-2-3-12(13,14)5-8(9)4-11(7)6-15-10(16)17-11/h7-9H,2-6H2,1H3,(H,15,16)/t7-,8+,9-,11-/m1/s1. The number of carbonyl (C=O) groups is 1. The number of halogens is 2. The third-order valence-electron chi connectivity index (χ3n) is 4.92. The Hall–Kier alpha value is -0.870. The van der Waals surface area contributed by atoms with Crippen molar-refractivity contribution in [2.75, 3.05) is 6.54 Å². The summed E-state index contributed by atoms with van der Waals surface area (Å²) in [4.78, 5) is 11.2. The Labute approximate surface area is 98.9 Å². The maximum absolute atomic E-state index is 13.4. The minimum Gasteiger partial charge on any atom is -0.441 e. The van der Waals surface area contributed by atoms with Crippen LogP contribution >= 0.6 is 0 Å². The van der Waals surface area contributed by atoms with Crippen LogP contribution in [-0.4, -0.2) is 24.2 Å². The van der Waals surface area contributed by atoms with Gasteiger partial charge in [0, 0.05) is 18.8 Å². The van der Waals surface area contributed by atoms with Gasteiger partial charge in [-0.25, -0.2) is 13.6 Å². The van der Waals surface area contributed by atoms with E-state index in [-0.39, 0.29) is 30.6 Å². The number of fused-ring (bicyclic) bond motifs is 1. The highest BCUT2D eigenvalue weighted by atomic mass is 19.3. The zero-order valence-electron chi connectivity index (χ0n) is 9.84. The van der Waals surface area contributed by atoms with Crippen LogP contribution < -0.4 is 5.32 Å². The molecule has 1 saturated heterocycles. The van der Waals surface area contributed by atoms with E-state index in [9.17, 15) is 13.6 Å². The molecule has 0 aromatic carbocycles. The number of rotatable bonds is 0. The molecule has 1 N–H and O–H groups in total. The minimum atomic E-state index is -2.53. The Morgan fingerprint density at radius 2 is 2.18 bits per heavy atom. The Kier molecular flexibility index (Phi) is 2.20. The van der Waals surface area contributed by atoms with Gasteiger partial charge >= 0.3 is 6.09 Å². The van der Waals surface area contributed by atoms with Gasteiger partial charge in [-0.15, -0.1) is 0 Å². The van der Waals surface area contributed by atoms with Crippen molar-refractivity contribution < 1.29 is 18.3 Å². The van der Waals surface area contributed by atoms with Crippen molar-refractivity contribution in [3.05, 3.63) is 0 Å². The summed E-state index contributed by atoms with van der Waals surface area (Å²) in [6, 6.07) is 0. The Morgan fingerprint density at radius 3 is 2.82 bits per heavy atom. The molecule has 0 bridgehead atoms. The van der Waals surface area contributed by atoms with Crippen molar-refractivity contribution >= 4 is 6.09 Å². The van der Waals surface area contributed by atoms with E-state index in [0.29, 0.717) is 19.4 Å². The SMILES string of the molecule is C[C@@H]1[C@H]2CCC(F)(F)C[C@@H]2C[C@@]12CNC(=O)O2. The zero-order valence-corrected chi connectivity index (χ0v) is 9.84. The van der Waals surface area contributed by atoms with Crippen LogP contribution in [0.15, 0.2) is 0 Å². The highest BCUT2D eigenvalue weighted by Crippen LogP contribution is 2.56. The van der Waals surface area contributed by atoms with E-state index in [1.807, 2.05) is 6.92 Å². The molecule has 3 nitrogen and oxygen atoms in total. The van der Waals surface area contributed by atoms with Crippen molar-refractivity contribution in [2.24, 2.45) is 17.8 Å². The van der Waals surface area contributed by atoms with Gasteiger partial charge in [-0.3, -0.25) is 0 Å². The fourth-order valence-electron chi connectivity index (χ4n) is 4.00. The number of nitrogens with one attached hydrogen (secondary N) is 1. The summed E-state index contributed by atoms with van der Waals surface area (Å²) in [7, 11) is 0. The molecule has 2 saturated carbocycles. The number of hydrogen-bond acceptors (Lipinski definition) is 2. The molecule has 2 aliphatic carbocycles. The Bertz CT molecular complexity index is 360. The van der Waals surface area contributed by atoms with E-state index in [2.05, 4.69) is 5.32 Å². The van der Waals surface area contributed by atoms with Gasteiger partial charge in [0.05, 0.1) is 6.54 Å². The van der Waals surface area contributed by atoms with Crippen LogP contribution in [0.1, 0.15) is 32.6 Å². The number of hydrogen-bond donors (Lipinski definition) is 1. The molecular formula is C12H17F2NO2. The van der Waals surface area contributed by atoms with E-state index < -0.39 is 17.6 Å². The molecule has 1 heterocycles. The summed E-state index contributed by atoms with van der Waals surface area (Å²) in [6.07, 6.45) is 0.685. The number of alkyl halides is 2. The highest BCUT2D eigenvalue weighted by Gasteiger charge is 2.59. The third kappa shape index (κ3) is 1.62. The summed E-state index contributed by atoms with van der Waals surface area (Å²) >= 11 is 0. The van der Waals surface area contributed by atoms with Crippen LogP contribution in [0.3, 0.4) is 0 Å². The summed E-state index contributed by atoms with van der Waals surface area (Å²) in [5.74, 6) is -2.06. The largest absolute Gasteiger partial charge is 0.441 e. The number of ether oxygens (including phenoxy) is 1. The molecule has 0 unspecified atom stereocenters. The summed E-state index contributed by atoms with van der Waals surface area (Å²) in [6.45, 7) is 2.51. The molecule has 4 atom stereocenters. The van der Waals surface area contributed by atoms with E-state index in [1.165, 1.54) is 0 Å². The van der Waals surface area contributed by atoms with E-state index >= 15 is 0 Å². The normalized spacial score (nSPS) is 47.7. The lowest BCUT2D eigenvalue weighted by Crippen LogP contribution is -2.37. The fraction of sp³-hybridized carbons (Fsp3) is 0.917. The zero-order chi connectivity index (χ0) is 12.3. The average Bonchev–Trinajstić information content (AvgIpc) is 2.70. The quantitative estimate of drug-likeness (QED) is 0.712. The second-order valence-corrected chi connectivity index (χ2v) is 5.82. The maximum Gasteiger partial charge on any atom is 0.407 e. The molecule has 96 valence electrons. The van der Waals surface area contributed by atoms with Crippen LogP contribution in [0.2, 0.25) is 0 Å². The van der Waals surface area contributed by atoms with Gasteiger partial charge in [-0.05, 0) is 24.7 Å². The first-order valence-corrected chi connectivity index (χ1v) is 6.27. The van der Waals surface area contributed by atoms with Crippen LogP contribution in [0, 0.1) is 17.8 Å². The Balaban J connectivity index is 1.82. The molecule has 0 radical (unpaired) electrons. The Morgan fingerprint density at radius 1 is 1.41 bits per heavy atom. The fourth-order valence-corrected chi connectivity index (χ4v) is 4.00. The van der Waals surface area contributed by atoms with Crippen LogP contribution in [-0.2, 0) is 4.74 Å². The molecule has 3 rings (SSSR count).